The minimum absolute atomic E-state index is 0.00822. The van der Waals surface area contributed by atoms with Gasteiger partial charge in [-0.3, -0.25) is 0 Å². The van der Waals surface area contributed by atoms with Crippen molar-refractivity contribution in [3.63, 3.8) is 0 Å². The van der Waals surface area contributed by atoms with E-state index in [1.807, 2.05) is 0 Å². The van der Waals surface area contributed by atoms with Crippen LogP contribution in [0.3, 0.4) is 0 Å². The fourth-order valence-corrected chi connectivity index (χ4v) is 3.49. The summed E-state index contributed by atoms with van der Waals surface area (Å²) in [6.45, 7) is 2.63. The molecule has 0 spiro atoms. The lowest BCUT2D eigenvalue weighted by Crippen LogP contribution is -2.42. The molecule has 0 saturated carbocycles. The molecule has 1 aromatic rings. The third-order valence-corrected chi connectivity index (χ3v) is 4.89. The quantitative estimate of drug-likeness (QED) is 0.726. The number of sulfonamides is 1. The number of benzene rings is 1. The minimum Gasteiger partial charge on any atom is -0.491 e. The Morgan fingerprint density at radius 2 is 1.86 bits per heavy atom. The average molecular weight is 314 g/mol. The Labute approximate surface area is 125 Å². The number of nitrogens with one attached hydrogen (secondary N) is 2. The lowest BCUT2D eigenvalue weighted by atomic mass is 10.1. The van der Waals surface area contributed by atoms with E-state index >= 15 is 0 Å². The van der Waals surface area contributed by atoms with Gasteiger partial charge < -0.3 is 14.8 Å². The SMILES string of the molecule is COCCOc1ccc(S(=O)(=O)NC2CCNCC2)cc1. The molecule has 0 bridgehead atoms. The highest BCUT2D eigenvalue weighted by atomic mass is 32.2. The van der Waals surface area contributed by atoms with Crippen LogP contribution in [0.4, 0.5) is 0 Å². The van der Waals surface area contributed by atoms with Crippen molar-refractivity contribution in [3.8, 4) is 5.75 Å². The Morgan fingerprint density at radius 3 is 2.48 bits per heavy atom. The molecule has 2 rings (SSSR count). The van der Waals surface area contributed by atoms with Crippen molar-refractivity contribution in [3.05, 3.63) is 24.3 Å². The summed E-state index contributed by atoms with van der Waals surface area (Å²) in [4.78, 5) is 0.264. The van der Waals surface area contributed by atoms with E-state index in [1.165, 1.54) is 0 Å². The van der Waals surface area contributed by atoms with E-state index in [0.29, 0.717) is 19.0 Å². The van der Waals surface area contributed by atoms with Gasteiger partial charge in [-0.2, -0.15) is 0 Å². The summed E-state index contributed by atoms with van der Waals surface area (Å²) < 4.78 is 37.6. The smallest absolute Gasteiger partial charge is 0.240 e. The van der Waals surface area contributed by atoms with E-state index in [9.17, 15) is 8.42 Å². The van der Waals surface area contributed by atoms with Gasteiger partial charge in [0.2, 0.25) is 10.0 Å². The molecule has 0 atom stereocenters. The second kappa shape index (κ2) is 7.74. The van der Waals surface area contributed by atoms with Crippen LogP contribution < -0.4 is 14.8 Å². The van der Waals surface area contributed by atoms with Crippen molar-refractivity contribution in [2.45, 2.75) is 23.8 Å². The van der Waals surface area contributed by atoms with Crippen LogP contribution in [0.15, 0.2) is 29.2 Å². The monoisotopic (exact) mass is 314 g/mol. The summed E-state index contributed by atoms with van der Waals surface area (Å²) in [5.74, 6) is 0.632. The first-order valence-electron chi connectivity index (χ1n) is 7.06. The zero-order valence-corrected chi connectivity index (χ0v) is 13.0. The summed E-state index contributed by atoms with van der Waals surface area (Å²) in [5.41, 5.74) is 0. The van der Waals surface area contributed by atoms with Crippen molar-refractivity contribution >= 4 is 10.0 Å². The van der Waals surface area contributed by atoms with Gasteiger partial charge in [0.1, 0.15) is 12.4 Å². The summed E-state index contributed by atoms with van der Waals surface area (Å²) in [5, 5.41) is 3.21. The van der Waals surface area contributed by atoms with Gasteiger partial charge in [0, 0.05) is 13.2 Å². The molecule has 1 aliphatic heterocycles. The molecule has 118 valence electrons. The highest BCUT2D eigenvalue weighted by molar-refractivity contribution is 7.89. The van der Waals surface area contributed by atoms with Crippen molar-refractivity contribution in [2.24, 2.45) is 0 Å². The number of piperidine rings is 1. The maximum Gasteiger partial charge on any atom is 0.240 e. The number of hydrogen-bond acceptors (Lipinski definition) is 5. The van der Waals surface area contributed by atoms with Gasteiger partial charge in [0.15, 0.2) is 0 Å². The molecule has 1 saturated heterocycles. The molecule has 1 heterocycles. The maximum absolute atomic E-state index is 12.3. The van der Waals surface area contributed by atoms with Gasteiger partial charge in [-0.25, -0.2) is 13.1 Å². The fourth-order valence-electron chi connectivity index (χ4n) is 2.19. The van der Waals surface area contributed by atoms with Gasteiger partial charge in [-0.1, -0.05) is 0 Å². The third kappa shape index (κ3) is 4.96. The van der Waals surface area contributed by atoms with E-state index in [1.54, 1.807) is 31.4 Å². The van der Waals surface area contributed by atoms with Crippen molar-refractivity contribution < 1.29 is 17.9 Å². The Hall–Kier alpha value is -1.15. The first-order valence-corrected chi connectivity index (χ1v) is 8.55. The molecule has 0 aliphatic carbocycles. The molecule has 21 heavy (non-hydrogen) atoms. The molecule has 0 unspecified atom stereocenters. The molecule has 0 amide bonds. The highest BCUT2D eigenvalue weighted by Gasteiger charge is 2.21. The predicted octanol–water partition coefficient (Wildman–Crippen LogP) is 0.742. The Kier molecular flexibility index (Phi) is 5.98. The molecule has 0 aromatic heterocycles. The number of ether oxygens (including phenoxy) is 2. The van der Waals surface area contributed by atoms with E-state index < -0.39 is 10.0 Å². The van der Waals surface area contributed by atoms with Crippen molar-refractivity contribution in [1.29, 1.82) is 0 Å². The van der Waals surface area contributed by atoms with Crippen molar-refractivity contribution in [1.82, 2.24) is 10.0 Å². The fraction of sp³-hybridized carbons (Fsp3) is 0.571. The van der Waals surface area contributed by atoms with Crippen LogP contribution >= 0.6 is 0 Å². The minimum atomic E-state index is -3.46. The number of rotatable bonds is 7. The van der Waals surface area contributed by atoms with Crippen LogP contribution in [0, 0.1) is 0 Å². The Bertz CT molecular complexity index is 524. The van der Waals surface area contributed by atoms with E-state index in [0.717, 1.165) is 25.9 Å². The molecule has 7 heteroatoms. The second-order valence-corrected chi connectivity index (χ2v) is 6.67. The van der Waals surface area contributed by atoms with Crippen LogP contribution in [-0.2, 0) is 14.8 Å². The van der Waals surface area contributed by atoms with E-state index in [-0.39, 0.29) is 10.9 Å². The average Bonchev–Trinajstić information content (AvgIpc) is 2.49. The van der Waals surface area contributed by atoms with Crippen LogP contribution in [-0.4, -0.2) is 47.9 Å². The summed E-state index contributed by atoms with van der Waals surface area (Å²) in [6, 6.07) is 6.45. The molecule has 2 N–H and O–H groups in total. The molecule has 1 aromatic carbocycles. The van der Waals surface area contributed by atoms with E-state index in [4.69, 9.17) is 9.47 Å². The predicted molar refractivity (Wildman–Crippen MR) is 80.0 cm³/mol. The number of methoxy groups -OCH3 is 1. The van der Waals surface area contributed by atoms with Gasteiger partial charge in [-0.05, 0) is 50.2 Å². The van der Waals surface area contributed by atoms with Gasteiger partial charge >= 0.3 is 0 Å². The highest BCUT2D eigenvalue weighted by Crippen LogP contribution is 2.17. The first-order chi connectivity index (χ1) is 10.1. The maximum atomic E-state index is 12.3. The molecular weight excluding hydrogens is 292 g/mol. The van der Waals surface area contributed by atoms with Crippen LogP contribution in [0.5, 0.6) is 5.75 Å². The van der Waals surface area contributed by atoms with Crippen LogP contribution in [0.2, 0.25) is 0 Å². The normalized spacial score (nSPS) is 16.8. The Balaban J connectivity index is 1.95. The van der Waals surface area contributed by atoms with Gasteiger partial charge in [0.05, 0.1) is 11.5 Å². The Morgan fingerprint density at radius 1 is 1.19 bits per heavy atom. The number of hydrogen-bond donors (Lipinski definition) is 2. The third-order valence-electron chi connectivity index (χ3n) is 3.35. The largest absolute Gasteiger partial charge is 0.491 e. The second-order valence-electron chi connectivity index (χ2n) is 4.96. The molecular formula is C14H22N2O4S. The van der Waals surface area contributed by atoms with Crippen molar-refractivity contribution in [2.75, 3.05) is 33.4 Å². The zero-order valence-electron chi connectivity index (χ0n) is 12.2. The van der Waals surface area contributed by atoms with Crippen LogP contribution in [0.25, 0.3) is 0 Å². The molecule has 0 radical (unpaired) electrons. The van der Waals surface area contributed by atoms with Gasteiger partial charge in [-0.15, -0.1) is 0 Å². The van der Waals surface area contributed by atoms with Gasteiger partial charge in [0.25, 0.3) is 0 Å². The summed E-state index contributed by atoms with van der Waals surface area (Å²) in [6.07, 6.45) is 1.63. The molecule has 1 aliphatic rings. The summed E-state index contributed by atoms with van der Waals surface area (Å²) >= 11 is 0. The summed E-state index contributed by atoms with van der Waals surface area (Å²) in [7, 11) is -1.86. The first kappa shape index (κ1) is 16.2. The van der Waals surface area contributed by atoms with E-state index in [2.05, 4.69) is 10.0 Å². The molecule has 6 nitrogen and oxygen atoms in total. The van der Waals surface area contributed by atoms with Crippen LogP contribution in [0.1, 0.15) is 12.8 Å². The zero-order chi connectivity index (χ0) is 15.1. The lowest BCUT2D eigenvalue weighted by Gasteiger charge is -2.23. The lowest BCUT2D eigenvalue weighted by molar-refractivity contribution is 0.146. The standard InChI is InChI=1S/C14H22N2O4S/c1-19-10-11-20-13-2-4-14(5-3-13)21(17,18)16-12-6-8-15-9-7-12/h2-5,12,15-16H,6-11H2,1H3. The molecule has 1 fully saturated rings. The topological polar surface area (TPSA) is 76.7 Å².